The normalized spacial score (nSPS) is 19.1. The van der Waals surface area contributed by atoms with E-state index in [1.54, 1.807) is 4.90 Å². The molecule has 0 bridgehead atoms. The molecular formula is C19H25F3N2O2. The van der Waals surface area contributed by atoms with E-state index in [2.05, 4.69) is 5.32 Å². The predicted octanol–water partition coefficient (Wildman–Crippen LogP) is 3.57. The van der Waals surface area contributed by atoms with Crippen molar-refractivity contribution in [2.45, 2.75) is 45.2 Å². The molecule has 4 nitrogen and oxygen atoms in total. The van der Waals surface area contributed by atoms with Crippen molar-refractivity contribution in [1.29, 1.82) is 0 Å². The van der Waals surface area contributed by atoms with Crippen LogP contribution in [-0.2, 0) is 15.8 Å². The van der Waals surface area contributed by atoms with Crippen LogP contribution in [0.5, 0.6) is 0 Å². The second kappa shape index (κ2) is 8.56. The van der Waals surface area contributed by atoms with E-state index < -0.39 is 11.7 Å². The van der Waals surface area contributed by atoms with Crippen molar-refractivity contribution in [3.8, 4) is 0 Å². The van der Waals surface area contributed by atoms with Crippen LogP contribution in [0.1, 0.15) is 50.2 Å². The van der Waals surface area contributed by atoms with E-state index in [1.165, 1.54) is 12.1 Å². The molecule has 2 rings (SSSR count). The van der Waals surface area contributed by atoms with Crippen LogP contribution in [0.25, 0.3) is 0 Å². The van der Waals surface area contributed by atoms with Crippen molar-refractivity contribution >= 4 is 11.8 Å². The molecule has 1 saturated heterocycles. The zero-order valence-electron chi connectivity index (χ0n) is 15.1. The van der Waals surface area contributed by atoms with Crippen LogP contribution in [0.4, 0.5) is 13.2 Å². The van der Waals surface area contributed by atoms with E-state index in [9.17, 15) is 22.8 Å². The van der Waals surface area contributed by atoms with Gasteiger partial charge in [-0.05, 0) is 43.4 Å². The van der Waals surface area contributed by atoms with Gasteiger partial charge in [-0.1, -0.05) is 19.1 Å². The summed E-state index contributed by atoms with van der Waals surface area (Å²) in [4.78, 5) is 26.2. The molecule has 1 heterocycles. The van der Waals surface area contributed by atoms with Crippen LogP contribution < -0.4 is 5.32 Å². The number of nitrogens with zero attached hydrogens (tertiary/aromatic N) is 1. The Morgan fingerprint density at radius 3 is 2.50 bits per heavy atom. The second-order valence-electron chi connectivity index (χ2n) is 6.80. The average Bonchev–Trinajstić information content (AvgIpc) is 2.61. The Balaban J connectivity index is 1.95. The number of nitrogens with one attached hydrogen (secondary N) is 1. The zero-order valence-corrected chi connectivity index (χ0v) is 15.1. The van der Waals surface area contributed by atoms with E-state index in [4.69, 9.17) is 0 Å². The largest absolute Gasteiger partial charge is 0.416 e. The van der Waals surface area contributed by atoms with Gasteiger partial charge in [0.2, 0.25) is 11.8 Å². The maximum atomic E-state index is 12.6. The molecule has 0 saturated carbocycles. The first kappa shape index (κ1) is 20.3. The molecule has 2 unspecified atom stereocenters. The Kier molecular flexibility index (Phi) is 6.67. The summed E-state index contributed by atoms with van der Waals surface area (Å²) in [5.41, 5.74) is 0.00391. The van der Waals surface area contributed by atoms with Crippen molar-refractivity contribution in [2.75, 3.05) is 19.6 Å². The highest BCUT2D eigenvalue weighted by molar-refractivity contribution is 5.81. The van der Waals surface area contributed by atoms with Crippen LogP contribution in [0.15, 0.2) is 24.3 Å². The van der Waals surface area contributed by atoms with E-state index in [1.807, 2.05) is 13.8 Å². The zero-order chi connectivity index (χ0) is 19.3. The molecule has 1 fully saturated rings. The number of piperidine rings is 1. The number of hydrogen-bond acceptors (Lipinski definition) is 2. The van der Waals surface area contributed by atoms with Gasteiger partial charge in [0.15, 0.2) is 0 Å². The molecule has 0 aromatic heterocycles. The van der Waals surface area contributed by atoms with Gasteiger partial charge >= 0.3 is 6.18 Å². The van der Waals surface area contributed by atoms with Crippen LogP contribution in [0.3, 0.4) is 0 Å². The van der Waals surface area contributed by atoms with Crippen molar-refractivity contribution in [2.24, 2.45) is 5.92 Å². The third-order valence-corrected chi connectivity index (χ3v) is 4.78. The fourth-order valence-electron chi connectivity index (χ4n) is 3.25. The van der Waals surface area contributed by atoms with Crippen molar-refractivity contribution < 1.29 is 22.8 Å². The van der Waals surface area contributed by atoms with Crippen molar-refractivity contribution in [1.82, 2.24) is 10.2 Å². The minimum absolute atomic E-state index is 0.0270. The van der Waals surface area contributed by atoms with Gasteiger partial charge in [0.1, 0.15) is 0 Å². The van der Waals surface area contributed by atoms with Gasteiger partial charge in [-0.2, -0.15) is 13.2 Å². The second-order valence-corrected chi connectivity index (χ2v) is 6.80. The van der Waals surface area contributed by atoms with Crippen LogP contribution in [0, 0.1) is 5.92 Å². The smallest absolute Gasteiger partial charge is 0.356 e. The number of likely N-dealkylation sites (tertiary alicyclic amines) is 1. The number of hydrogen-bond donors (Lipinski definition) is 1. The fraction of sp³-hybridized carbons (Fsp3) is 0.579. The minimum Gasteiger partial charge on any atom is -0.356 e. The van der Waals surface area contributed by atoms with E-state index in [0.29, 0.717) is 25.2 Å². The lowest BCUT2D eigenvalue weighted by atomic mass is 9.93. The number of halogens is 3. The van der Waals surface area contributed by atoms with Crippen LogP contribution >= 0.6 is 0 Å². The molecule has 144 valence electrons. The number of alkyl halides is 3. The van der Waals surface area contributed by atoms with E-state index in [0.717, 1.165) is 25.0 Å². The van der Waals surface area contributed by atoms with Gasteiger partial charge < -0.3 is 10.2 Å². The number of benzene rings is 1. The van der Waals surface area contributed by atoms with Gasteiger partial charge in [-0.3, -0.25) is 9.59 Å². The summed E-state index contributed by atoms with van der Waals surface area (Å²) in [6.07, 6.45) is -2.60. The monoisotopic (exact) mass is 370 g/mol. The minimum atomic E-state index is -4.36. The maximum absolute atomic E-state index is 12.6. The molecule has 0 aliphatic carbocycles. The molecule has 2 amide bonds. The number of rotatable bonds is 5. The molecule has 0 radical (unpaired) electrons. The molecule has 1 aromatic rings. The third-order valence-electron chi connectivity index (χ3n) is 4.78. The van der Waals surface area contributed by atoms with Gasteiger partial charge in [-0.25, -0.2) is 0 Å². The van der Waals surface area contributed by atoms with Gasteiger partial charge in [0.05, 0.1) is 11.5 Å². The van der Waals surface area contributed by atoms with Gasteiger partial charge in [-0.15, -0.1) is 0 Å². The Bertz CT molecular complexity index is 629. The summed E-state index contributed by atoms with van der Waals surface area (Å²) in [7, 11) is 0. The average molecular weight is 370 g/mol. The van der Waals surface area contributed by atoms with E-state index >= 15 is 0 Å². The van der Waals surface area contributed by atoms with E-state index in [-0.39, 0.29) is 30.1 Å². The Morgan fingerprint density at radius 2 is 1.92 bits per heavy atom. The summed E-state index contributed by atoms with van der Waals surface area (Å²) in [5, 5.41) is 2.79. The highest BCUT2D eigenvalue weighted by Gasteiger charge is 2.31. The Hall–Kier alpha value is -2.05. The summed E-state index contributed by atoms with van der Waals surface area (Å²) in [5.74, 6) is -0.462. The third kappa shape index (κ3) is 5.22. The lowest BCUT2D eigenvalue weighted by molar-refractivity contribution is -0.138. The highest BCUT2D eigenvalue weighted by atomic mass is 19.4. The molecule has 26 heavy (non-hydrogen) atoms. The molecule has 1 N–H and O–H groups in total. The SMILES string of the molecule is CCNC(=O)C1CCCN(C(=O)CC(C)c2ccc(C(F)(F)F)cc2)C1. The van der Waals surface area contributed by atoms with Crippen molar-refractivity contribution in [3.63, 3.8) is 0 Å². The molecule has 1 aliphatic heterocycles. The summed E-state index contributed by atoms with van der Waals surface area (Å²) in [6, 6.07) is 4.94. The van der Waals surface area contributed by atoms with Gasteiger partial charge in [0, 0.05) is 26.1 Å². The molecule has 7 heteroatoms. The number of carbonyl (C=O) groups is 2. The molecule has 0 spiro atoms. The standard InChI is InChI=1S/C19H25F3N2O2/c1-3-23-18(26)15-5-4-10-24(12-15)17(25)11-13(2)14-6-8-16(9-7-14)19(20,21)22/h6-9,13,15H,3-5,10-12H2,1-2H3,(H,23,26). The summed E-state index contributed by atoms with van der Waals surface area (Å²) in [6.45, 7) is 5.27. The quantitative estimate of drug-likeness (QED) is 0.861. The first-order valence-electron chi connectivity index (χ1n) is 8.95. The van der Waals surface area contributed by atoms with Gasteiger partial charge in [0.25, 0.3) is 0 Å². The highest BCUT2D eigenvalue weighted by Crippen LogP contribution is 2.31. The Morgan fingerprint density at radius 1 is 1.27 bits per heavy atom. The number of carbonyl (C=O) groups excluding carboxylic acids is 2. The van der Waals surface area contributed by atoms with Crippen molar-refractivity contribution in [3.05, 3.63) is 35.4 Å². The lowest BCUT2D eigenvalue weighted by Gasteiger charge is -2.32. The first-order chi connectivity index (χ1) is 12.2. The summed E-state index contributed by atoms with van der Waals surface area (Å²) < 4.78 is 37.9. The molecule has 1 aromatic carbocycles. The topological polar surface area (TPSA) is 49.4 Å². The lowest BCUT2D eigenvalue weighted by Crippen LogP contribution is -2.45. The first-order valence-corrected chi connectivity index (χ1v) is 8.95. The van der Waals surface area contributed by atoms with Crippen LogP contribution in [0.2, 0.25) is 0 Å². The maximum Gasteiger partial charge on any atom is 0.416 e. The number of amides is 2. The fourth-order valence-corrected chi connectivity index (χ4v) is 3.25. The molecule has 2 atom stereocenters. The molecular weight excluding hydrogens is 345 g/mol. The predicted molar refractivity (Wildman–Crippen MR) is 92.5 cm³/mol. The Labute approximate surface area is 151 Å². The molecule has 1 aliphatic rings. The van der Waals surface area contributed by atoms with Crippen LogP contribution in [-0.4, -0.2) is 36.3 Å². The summed E-state index contributed by atoms with van der Waals surface area (Å²) >= 11 is 0.